The van der Waals surface area contributed by atoms with Crippen LogP contribution in [0.3, 0.4) is 0 Å². The van der Waals surface area contributed by atoms with Crippen molar-refractivity contribution in [3.63, 3.8) is 0 Å². The predicted molar refractivity (Wildman–Crippen MR) is 59.0 cm³/mol. The van der Waals surface area contributed by atoms with E-state index in [0.717, 1.165) is 6.04 Å². The number of rotatable bonds is 3. The highest BCUT2D eigenvalue weighted by atomic mass is 15.1. The number of nitrogens with zero attached hydrogens (tertiary/aromatic N) is 1. The molecule has 78 valence electrons. The van der Waals surface area contributed by atoms with Gasteiger partial charge in [-0.1, -0.05) is 27.2 Å². The molecule has 1 saturated heterocycles. The van der Waals surface area contributed by atoms with E-state index in [-0.39, 0.29) is 0 Å². The van der Waals surface area contributed by atoms with Gasteiger partial charge in [0.25, 0.3) is 0 Å². The normalized spacial score (nSPS) is 26.3. The first-order chi connectivity index (χ1) is 6.14. The van der Waals surface area contributed by atoms with Gasteiger partial charge in [0.15, 0.2) is 0 Å². The van der Waals surface area contributed by atoms with E-state index in [1.807, 2.05) is 0 Å². The summed E-state index contributed by atoms with van der Waals surface area (Å²) in [6.45, 7) is 8.44. The molecule has 0 spiro atoms. The van der Waals surface area contributed by atoms with Crippen molar-refractivity contribution < 1.29 is 0 Å². The Morgan fingerprint density at radius 1 is 1.23 bits per heavy atom. The predicted octanol–water partition coefficient (Wildman–Crippen LogP) is 3.30. The molecule has 0 aliphatic carbocycles. The van der Waals surface area contributed by atoms with Gasteiger partial charge in [-0.15, -0.1) is 0 Å². The first kappa shape index (κ1) is 11.0. The van der Waals surface area contributed by atoms with Gasteiger partial charge in [-0.25, -0.2) is 0 Å². The summed E-state index contributed by atoms with van der Waals surface area (Å²) >= 11 is 0. The second kappa shape index (κ2) is 4.45. The Labute approximate surface area is 83.5 Å². The molecular weight excluding hydrogens is 158 g/mol. The molecule has 1 aliphatic heterocycles. The van der Waals surface area contributed by atoms with E-state index in [2.05, 4.69) is 32.7 Å². The molecule has 0 saturated carbocycles. The molecule has 1 atom stereocenters. The topological polar surface area (TPSA) is 3.24 Å². The van der Waals surface area contributed by atoms with Gasteiger partial charge in [-0.2, -0.15) is 0 Å². The van der Waals surface area contributed by atoms with Crippen LogP contribution in [0, 0.1) is 5.41 Å². The van der Waals surface area contributed by atoms with Crippen LogP contribution in [0.25, 0.3) is 0 Å². The van der Waals surface area contributed by atoms with Crippen LogP contribution in [-0.2, 0) is 0 Å². The molecule has 1 aliphatic rings. The van der Waals surface area contributed by atoms with Crippen LogP contribution in [0.2, 0.25) is 0 Å². The first-order valence-corrected chi connectivity index (χ1v) is 5.84. The third kappa shape index (κ3) is 2.25. The zero-order chi connectivity index (χ0) is 9.90. The van der Waals surface area contributed by atoms with Gasteiger partial charge in [-0.05, 0) is 44.7 Å². The smallest absolute Gasteiger partial charge is 0.0146 e. The summed E-state index contributed by atoms with van der Waals surface area (Å²) in [7, 11) is 2.30. The van der Waals surface area contributed by atoms with Crippen LogP contribution >= 0.6 is 0 Å². The highest BCUT2D eigenvalue weighted by molar-refractivity contribution is 4.88. The minimum absolute atomic E-state index is 0.551. The Balaban J connectivity index is 2.65. The average Bonchev–Trinajstić information content (AvgIpc) is 2.17. The number of hydrogen-bond donors (Lipinski definition) is 0. The molecular formula is C12H25N. The summed E-state index contributed by atoms with van der Waals surface area (Å²) < 4.78 is 0. The summed E-state index contributed by atoms with van der Waals surface area (Å²) in [4.78, 5) is 2.58. The maximum atomic E-state index is 2.58. The molecule has 1 heteroatoms. The number of hydrogen-bond acceptors (Lipinski definition) is 1. The van der Waals surface area contributed by atoms with Crippen molar-refractivity contribution in [2.24, 2.45) is 5.41 Å². The molecule has 1 fully saturated rings. The minimum atomic E-state index is 0.551. The second-order valence-electron chi connectivity index (χ2n) is 4.85. The van der Waals surface area contributed by atoms with Crippen molar-refractivity contribution in [1.29, 1.82) is 0 Å². The lowest BCUT2D eigenvalue weighted by Crippen LogP contribution is -2.46. The summed E-state index contributed by atoms with van der Waals surface area (Å²) in [5.41, 5.74) is 0.551. The van der Waals surface area contributed by atoms with E-state index in [0.29, 0.717) is 5.41 Å². The lowest BCUT2D eigenvalue weighted by atomic mass is 9.73. The standard InChI is InChI=1S/C12H25N/c1-5-12(3,6-2)11-9-7-8-10-13(11)4/h11H,5-10H2,1-4H3. The molecule has 0 N–H and O–H groups in total. The summed E-state index contributed by atoms with van der Waals surface area (Å²) in [5, 5.41) is 0. The third-order valence-corrected chi connectivity index (χ3v) is 4.19. The molecule has 1 heterocycles. The zero-order valence-electron chi connectivity index (χ0n) is 9.77. The van der Waals surface area contributed by atoms with Crippen LogP contribution in [-0.4, -0.2) is 24.5 Å². The molecule has 0 aromatic rings. The van der Waals surface area contributed by atoms with Crippen molar-refractivity contribution in [2.75, 3.05) is 13.6 Å². The summed E-state index contributed by atoms with van der Waals surface area (Å²) in [6.07, 6.45) is 6.88. The first-order valence-electron chi connectivity index (χ1n) is 5.84. The van der Waals surface area contributed by atoms with Gasteiger partial charge in [0.2, 0.25) is 0 Å². The molecule has 1 unspecified atom stereocenters. The van der Waals surface area contributed by atoms with E-state index in [1.165, 1.54) is 38.6 Å². The maximum Gasteiger partial charge on any atom is 0.0146 e. The van der Waals surface area contributed by atoms with E-state index in [1.54, 1.807) is 0 Å². The lowest BCUT2D eigenvalue weighted by Gasteiger charge is -2.44. The summed E-state index contributed by atoms with van der Waals surface area (Å²) in [6, 6.07) is 0.830. The van der Waals surface area contributed by atoms with Gasteiger partial charge in [0.05, 0.1) is 0 Å². The highest BCUT2D eigenvalue weighted by Crippen LogP contribution is 2.37. The Morgan fingerprint density at radius 3 is 2.31 bits per heavy atom. The molecule has 1 rings (SSSR count). The van der Waals surface area contributed by atoms with Crippen molar-refractivity contribution in [1.82, 2.24) is 4.90 Å². The third-order valence-electron chi connectivity index (χ3n) is 4.19. The van der Waals surface area contributed by atoms with Gasteiger partial charge < -0.3 is 4.90 Å². The molecule has 0 amide bonds. The van der Waals surface area contributed by atoms with Gasteiger partial charge in [0.1, 0.15) is 0 Å². The molecule has 0 aromatic carbocycles. The Kier molecular flexibility index (Phi) is 3.78. The summed E-state index contributed by atoms with van der Waals surface area (Å²) in [5.74, 6) is 0. The van der Waals surface area contributed by atoms with Crippen LogP contribution in [0.5, 0.6) is 0 Å². The Bertz CT molecular complexity index is 149. The van der Waals surface area contributed by atoms with Gasteiger partial charge in [-0.3, -0.25) is 0 Å². The molecule has 0 aromatic heterocycles. The Hall–Kier alpha value is -0.0400. The SMILES string of the molecule is CCC(C)(CC)C1CCCCN1C. The molecule has 1 nitrogen and oxygen atoms in total. The monoisotopic (exact) mass is 183 g/mol. The van der Waals surface area contributed by atoms with E-state index >= 15 is 0 Å². The number of likely N-dealkylation sites (tertiary alicyclic amines) is 1. The van der Waals surface area contributed by atoms with Gasteiger partial charge in [0, 0.05) is 6.04 Å². The quantitative estimate of drug-likeness (QED) is 0.649. The van der Waals surface area contributed by atoms with Crippen molar-refractivity contribution in [2.45, 2.75) is 58.9 Å². The van der Waals surface area contributed by atoms with Crippen LogP contribution in [0.15, 0.2) is 0 Å². The second-order valence-corrected chi connectivity index (χ2v) is 4.85. The molecule has 0 radical (unpaired) electrons. The molecule has 13 heavy (non-hydrogen) atoms. The van der Waals surface area contributed by atoms with Crippen molar-refractivity contribution in [3.05, 3.63) is 0 Å². The zero-order valence-corrected chi connectivity index (χ0v) is 9.77. The molecule has 0 bridgehead atoms. The fourth-order valence-corrected chi connectivity index (χ4v) is 2.68. The van der Waals surface area contributed by atoms with Crippen LogP contribution < -0.4 is 0 Å². The lowest BCUT2D eigenvalue weighted by molar-refractivity contribution is 0.0570. The van der Waals surface area contributed by atoms with E-state index < -0.39 is 0 Å². The van der Waals surface area contributed by atoms with E-state index in [9.17, 15) is 0 Å². The fraction of sp³-hybridized carbons (Fsp3) is 1.00. The van der Waals surface area contributed by atoms with Crippen LogP contribution in [0.1, 0.15) is 52.9 Å². The van der Waals surface area contributed by atoms with E-state index in [4.69, 9.17) is 0 Å². The Morgan fingerprint density at radius 2 is 1.85 bits per heavy atom. The average molecular weight is 183 g/mol. The van der Waals surface area contributed by atoms with Crippen LogP contribution in [0.4, 0.5) is 0 Å². The van der Waals surface area contributed by atoms with Gasteiger partial charge >= 0.3 is 0 Å². The fourth-order valence-electron chi connectivity index (χ4n) is 2.68. The highest BCUT2D eigenvalue weighted by Gasteiger charge is 2.34. The maximum absolute atomic E-state index is 2.58. The minimum Gasteiger partial charge on any atom is -0.303 e. The van der Waals surface area contributed by atoms with Crippen molar-refractivity contribution in [3.8, 4) is 0 Å². The van der Waals surface area contributed by atoms with Crippen molar-refractivity contribution >= 4 is 0 Å². The largest absolute Gasteiger partial charge is 0.303 e. The number of piperidine rings is 1.